The predicted molar refractivity (Wildman–Crippen MR) is 84.6 cm³/mol. The summed E-state index contributed by atoms with van der Waals surface area (Å²) >= 11 is 0. The maximum absolute atomic E-state index is 9.09. The highest BCUT2D eigenvalue weighted by Gasteiger charge is 2.12. The highest BCUT2D eigenvalue weighted by molar-refractivity contribution is 5.46. The fourth-order valence-electron chi connectivity index (χ4n) is 2.34. The number of nitrogens with one attached hydrogen (secondary N) is 1. The van der Waals surface area contributed by atoms with Crippen LogP contribution in [0.3, 0.4) is 0 Å². The summed E-state index contributed by atoms with van der Waals surface area (Å²) in [7, 11) is 0. The van der Waals surface area contributed by atoms with Crippen molar-refractivity contribution in [2.24, 2.45) is 5.92 Å². The van der Waals surface area contributed by atoms with E-state index in [1.807, 2.05) is 30.3 Å². The second-order valence-electron chi connectivity index (χ2n) is 5.59. The molecular weight excluding hydrogens is 246 g/mol. The van der Waals surface area contributed by atoms with Crippen molar-refractivity contribution in [2.45, 2.75) is 32.9 Å². The van der Waals surface area contributed by atoms with Crippen molar-refractivity contribution in [1.29, 1.82) is 0 Å². The van der Waals surface area contributed by atoms with Crippen LogP contribution in [0.4, 0.5) is 5.69 Å². The molecule has 20 heavy (non-hydrogen) atoms. The zero-order chi connectivity index (χ0) is 14.4. The highest BCUT2D eigenvalue weighted by Crippen LogP contribution is 2.26. The number of aliphatic hydroxyl groups is 1. The van der Waals surface area contributed by atoms with E-state index in [0.29, 0.717) is 12.0 Å². The van der Waals surface area contributed by atoms with Crippen LogP contribution in [0.5, 0.6) is 0 Å². The SMILES string of the molecule is CC(C)CC(Nc1ccc(CO)cc1)c1ccccc1. The molecule has 2 aromatic rings. The third-order valence-corrected chi connectivity index (χ3v) is 3.39. The molecule has 0 bridgehead atoms. The van der Waals surface area contributed by atoms with Crippen LogP contribution in [-0.4, -0.2) is 5.11 Å². The van der Waals surface area contributed by atoms with E-state index < -0.39 is 0 Å². The first-order valence-electron chi connectivity index (χ1n) is 7.20. The maximum atomic E-state index is 9.09. The van der Waals surface area contributed by atoms with Gasteiger partial charge in [-0.25, -0.2) is 0 Å². The smallest absolute Gasteiger partial charge is 0.0681 e. The number of hydrogen-bond acceptors (Lipinski definition) is 2. The van der Waals surface area contributed by atoms with Gasteiger partial charge in [0.25, 0.3) is 0 Å². The summed E-state index contributed by atoms with van der Waals surface area (Å²) < 4.78 is 0. The second-order valence-corrected chi connectivity index (χ2v) is 5.59. The van der Waals surface area contributed by atoms with Crippen LogP contribution in [-0.2, 0) is 6.61 Å². The number of rotatable bonds is 6. The fourth-order valence-corrected chi connectivity index (χ4v) is 2.34. The largest absolute Gasteiger partial charge is 0.392 e. The summed E-state index contributed by atoms with van der Waals surface area (Å²) in [5.74, 6) is 0.629. The van der Waals surface area contributed by atoms with Gasteiger partial charge in [-0.1, -0.05) is 56.3 Å². The van der Waals surface area contributed by atoms with Crippen molar-refractivity contribution in [3.05, 3.63) is 65.7 Å². The standard InChI is InChI=1S/C18H23NO/c1-14(2)12-18(16-6-4-3-5-7-16)19-17-10-8-15(13-20)9-11-17/h3-11,14,18-20H,12-13H2,1-2H3. The van der Waals surface area contributed by atoms with Crippen molar-refractivity contribution in [3.8, 4) is 0 Å². The van der Waals surface area contributed by atoms with E-state index in [-0.39, 0.29) is 6.61 Å². The average molecular weight is 269 g/mol. The third-order valence-electron chi connectivity index (χ3n) is 3.39. The average Bonchev–Trinajstić information content (AvgIpc) is 2.48. The molecule has 2 rings (SSSR count). The van der Waals surface area contributed by atoms with E-state index in [0.717, 1.165) is 17.7 Å². The lowest BCUT2D eigenvalue weighted by atomic mass is 9.96. The van der Waals surface area contributed by atoms with Gasteiger partial charge in [0.15, 0.2) is 0 Å². The number of hydrogen-bond donors (Lipinski definition) is 2. The maximum Gasteiger partial charge on any atom is 0.0681 e. The molecule has 2 nitrogen and oxygen atoms in total. The lowest BCUT2D eigenvalue weighted by molar-refractivity contribution is 0.282. The fraction of sp³-hybridized carbons (Fsp3) is 0.333. The molecule has 1 unspecified atom stereocenters. The molecule has 0 aliphatic heterocycles. The molecule has 2 aromatic carbocycles. The van der Waals surface area contributed by atoms with E-state index >= 15 is 0 Å². The van der Waals surface area contributed by atoms with Gasteiger partial charge in [-0.2, -0.15) is 0 Å². The molecule has 2 N–H and O–H groups in total. The quantitative estimate of drug-likeness (QED) is 0.815. The van der Waals surface area contributed by atoms with Crippen LogP contribution in [0.1, 0.15) is 37.4 Å². The molecule has 0 spiro atoms. The van der Waals surface area contributed by atoms with Gasteiger partial charge in [-0.15, -0.1) is 0 Å². The molecule has 0 saturated heterocycles. The van der Waals surface area contributed by atoms with Crippen LogP contribution < -0.4 is 5.32 Å². The molecule has 0 aliphatic carbocycles. The van der Waals surface area contributed by atoms with E-state index in [2.05, 4.69) is 43.4 Å². The van der Waals surface area contributed by atoms with Crippen LogP contribution in [0, 0.1) is 5.92 Å². The summed E-state index contributed by atoms with van der Waals surface area (Å²) in [6, 6.07) is 18.8. The van der Waals surface area contributed by atoms with Crippen molar-refractivity contribution >= 4 is 5.69 Å². The Hall–Kier alpha value is -1.80. The first-order valence-corrected chi connectivity index (χ1v) is 7.20. The number of anilines is 1. The first-order chi connectivity index (χ1) is 9.69. The lowest BCUT2D eigenvalue weighted by Crippen LogP contribution is -2.13. The Morgan fingerprint density at radius 2 is 1.60 bits per heavy atom. The Morgan fingerprint density at radius 3 is 2.15 bits per heavy atom. The monoisotopic (exact) mass is 269 g/mol. The second kappa shape index (κ2) is 7.11. The van der Waals surface area contributed by atoms with Crippen LogP contribution in [0.25, 0.3) is 0 Å². The summed E-state index contributed by atoms with van der Waals surface area (Å²) in [5, 5.41) is 12.7. The molecule has 2 heteroatoms. The summed E-state index contributed by atoms with van der Waals surface area (Å²) in [6.07, 6.45) is 1.09. The molecule has 0 aromatic heterocycles. The van der Waals surface area contributed by atoms with E-state index in [4.69, 9.17) is 5.11 Å². The molecule has 0 saturated carbocycles. The summed E-state index contributed by atoms with van der Waals surface area (Å²) in [5.41, 5.74) is 3.35. The summed E-state index contributed by atoms with van der Waals surface area (Å²) in [4.78, 5) is 0. The number of aliphatic hydroxyl groups excluding tert-OH is 1. The third kappa shape index (κ3) is 4.10. The topological polar surface area (TPSA) is 32.3 Å². The van der Waals surface area contributed by atoms with Crippen LogP contribution >= 0.6 is 0 Å². The van der Waals surface area contributed by atoms with E-state index in [1.165, 1.54) is 5.56 Å². The molecular formula is C18H23NO. The van der Waals surface area contributed by atoms with Gasteiger partial charge in [0.2, 0.25) is 0 Å². The minimum atomic E-state index is 0.0917. The normalized spacial score (nSPS) is 12.4. The molecule has 0 fully saturated rings. The molecule has 106 valence electrons. The van der Waals surface area contributed by atoms with E-state index in [9.17, 15) is 0 Å². The van der Waals surface area contributed by atoms with Gasteiger partial charge in [-0.3, -0.25) is 0 Å². The van der Waals surface area contributed by atoms with E-state index in [1.54, 1.807) is 0 Å². The zero-order valence-corrected chi connectivity index (χ0v) is 12.2. The molecule has 0 radical (unpaired) electrons. The Balaban J connectivity index is 2.14. The minimum Gasteiger partial charge on any atom is -0.392 e. The molecule has 1 atom stereocenters. The Bertz CT molecular complexity index is 505. The lowest BCUT2D eigenvalue weighted by Gasteiger charge is -2.22. The van der Waals surface area contributed by atoms with Gasteiger partial charge in [0.1, 0.15) is 0 Å². The predicted octanol–water partition coefficient (Wildman–Crippen LogP) is 4.38. The Kier molecular flexibility index (Phi) is 5.19. The first kappa shape index (κ1) is 14.6. The van der Waals surface area contributed by atoms with Crippen LogP contribution in [0.15, 0.2) is 54.6 Å². The Morgan fingerprint density at radius 1 is 0.950 bits per heavy atom. The van der Waals surface area contributed by atoms with Crippen molar-refractivity contribution in [3.63, 3.8) is 0 Å². The Labute approximate surface area is 121 Å². The molecule has 0 amide bonds. The van der Waals surface area contributed by atoms with Gasteiger partial charge in [-0.05, 0) is 35.6 Å². The van der Waals surface area contributed by atoms with Gasteiger partial charge < -0.3 is 10.4 Å². The summed E-state index contributed by atoms with van der Waals surface area (Å²) in [6.45, 7) is 4.58. The van der Waals surface area contributed by atoms with Gasteiger partial charge in [0, 0.05) is 5.69 Å². The van der Waals surface area contributed by atoms with Crippen molar-refractivity contribution in [1.82, 2.24) is 0 Å². The highest BCUT2D eigenvalue weighted by atomic mass is 16.3. The molecule has 0 aliphatic rings. The van der Waals surface area contributed by atoms with Gasteiger partial charge >= 0.3 is 0 Å². The van der Waals surface area contributed by atoms with Crippen molar-refractivity contribution < 1.29 is 5.11 Å². The number of benzene rings is 2. The zero-order valence-electron chi connectivity index (χ0n) is 12.2. The van der Waals surface area contributed by atoms with Crippen molar-refractivity contribution in [2.75, 3.05) is 5.32 Å². The van der Waals surface area contributed by atoms with Crippen LogP contribution in [0.2, 0.25) is 0 Å². The minimum absolute atomic E-state index is 0.0917. The van der Waals surface area contributed by atoms with Gasteiger partial charge in [0.05, 0.1) is 12.6 Å². The molecule has 0 heterocycles.